The molecular weight excluding hydrogens is 262 g/mol. The molecule has 1 heterocycles. The molecule has 1 aromatic carbocycles. The number of nitrogens with zero attached hydrogens (tertiary/aromatic N) is 1. The minimum Gasteiger partial charge on any atom is -0.352 e. The first-order chi connectivity index (χ1) is 10.1. The predicted octanol–water partition coefficient (Wildman–Crippen LogP) is 2.42. The van der Waals surface area contributed by atoms with Crippen LogP contribution in [0.15, 0.2) is 30.5 Å². The summed E-state index contributed by atoms with van der Waals surface area (Å²) in [5.41, 5.74) is 2.39. The molecule has 4 heteroatoms. The maximum Gasteiger partial charge on any atom is 0.240 e. The number of hydrogen-bond donors (Lipinski definition) is 2. The van der Waals surface area contributed by atoms with Crippen LogP contribution in [0.25, 0.3) is 10.9 Å². The smallest absolute Gasteiger partial charge is 0.240 e. The minimum atomic E-state index is 0.112. The van der Waals surface area contributed by atoms with Crippen molar-refractivity contribution in [2.24, 2.45) is 0 Å². The molecule has 0 atom stereocenters. The first kappa shape index (κ1) is 14.1. The van der Waals surface area contributed by atoms with E-state index < -0.39 is 0 Å². The van der Waals surface area contributed by atoms with Gasteiger partial charge in [0.1, 0.15) is 6.54 Å². The third-order valence-electron chi connectivity index (χ3n) is 3.81. The fourth-order valence-corrected chi connectivity index (χ4v) is 2.48. The van der Waals surface area contributed by atoms with Gasteiger partial charge in [-0.15, -0.1) is 0 Å². The lowest BCUT2D eigenvalue weighted by molar-refractivity contribution is -0.121. The number of carbonyl (C=O) groups excluding carboxylic acids is 1. The SMILES string of the molecule is CC(C)NCc1ccc2c(ccn2CC(=O)NC2CC2)c1. The fourth-order valence-electron chi connectivity index (χ4n) is 2.48. The zero-order valence-corrected chi connectivity index (χ0v) is 12.7. The average molecular weight is 285 g/mol. The van der Waals surface area contributed by atoms with E-state index in [0.717, 1.165) is 24.9 Å². The molecule has 0 saturated heterocycles. The number of fused-ring (bicyclic) bond motifs is 1. The Balaban J connectivity index is 1.70. The number of amides is 1. The summed E-state index contributed by atoms with van der Waals surface area (Å²) < 4.78 is 2.02. The van der Waals surface area contributed by atoms with Gasteiger partial charge in [0.2, 0.25) is 5.91 Å². The molecule has 0 aliphatic heterocycles. The number of benzene rings is 1. The third-order valence-corrected chi connectivity index (χ3v) is 3.81. The summed E-state index contributed by atoms with van der Waals surface area (Å²) in [6.45, 7) is 5.57. The summed E-state index contributed by atoms with van der Waals surface area (Å²) in [6, 6.07) is 9.42. The highest BCUT2D eigenvalue weighted by Gasteiger charge is 2.23. The summed E-state index contributed by atoms with van der Waals surface area (Å²) in [5, 5.41) is 7.65. The molecule has 0 spiro atoms. The number of aromatic nitrogens is 1. The van der Waals surface area contributed by atoms with Gasteiger partial charge < -0.3 is 15.2 Å². The summed E-state index contributed by atoms with van der Waals surface area (Å²) in [7, 11) is 0. The molecule has 21 heavy (non-hydrogen) atoms. The topological polar surface area (TPSA) is 46.1 Å². The molecule has 0 bridgehead atoms. The molecule has 4 nitrogen and oxygen atoms in total. The van der Waals surface area contributed by atoms with E-state index in [0.29, 0.717) is 18.6 Å². The second kappa shape index (κ2) is 5.90. The van der Waals surface area contributed by atoms with Crippen molar-refractivity contribution >= 4 is 16.8 Å². The highest BCUT2D eigenvalue weighted by molar-refractivity contribution is 5.84. The molecule has 1 aliphatic carbocycles. The van der Waals surface area contributed by atoms with Crippen LogP contribution in [0.2, 0.25) is 0 Å². The van der Waals surface area contributed by atoms with Gasteiger partial charge in [-0.05, 0) is 42.0 Å². The maximum absolute atomic E-state index is 11.9. The Morgan fingerprint density at radius 1 is 1.33 bits per heavy atom. The van der Waals surface area contributed by atoms with Crippen molar-refractivity contribution in [3.8, 4) is 0 Å². The van der Waals surface area contributed by atoms with Gasteiger partial charge >= 0.3 is 0 Å². The van der Waals surface area contributed by atoms with Crippen LogP contribution in [0, 0.1) is 0 Å². The minimum absolute atomic E-state index is 0.112. The molecule has 2 N–H and O–H groups in total. The van der Waals surface area contributed by atoms with Gasteiger partial charge in [0.15, 0.2) is 0 Å². The molecule has 112 valence electrons. The summed E-state index contributed by atoms with van der Waals surface area (Å²) >= 11 is 0. The van der Waals surface area contributed by atoms with E-state index in [1.807, 2.05) is 10.8 Å². The maximum atomic E-state index is 11.9. The van der Waals surface area contributed by atoms with Crippen LogP contribution >= 0.6 is 0 Å². The van der Waals surface area contributed by atoms with Gasteiger partial charge in [-0.2, -0.15) is 0 Å². The van der Waals surface area contributed by atoms with Crippen LogP contribution in [0.4, 0.5) is 0 Å². The first-order valence-electron chi connectivity index (χ1n) is 7.72. The summed E-state index contributed by atoms with van der Waals surface area (Å²) in [6.07, 6.45) is 4.26. The van der Waals surface area contributed by atoms with Crippen molar-refractivity contribution in [2.75, 3.05) is 0 Å². The Morgan fingerprint density at radius 2 is 2.14 bits per heavy atom. The van der Waals surface area contributed by atoms with Gasteiger partial charge in [0.05, 0.1) is 0 Å². The third kappa shape index (κ3) is 3.64. The number of hydrogen-bond acceptors (Lipinski definition) is 2. The van der Waals surface area contributed by atoms with Crippen LogP contribution < -0.4 is 10.6 Å². The highest BCUT2D eigenvalue weighted by atomic mass is 16.2. The lowest BCUT2D eigenvalue weighted by Crippen LogP contribution is -2.29. The molecular formula is C17H23N3O. The van der Waals surface area contributed by atoms with Crippen LogP contribution in [0.1, 0.15) is 32.3 Å². The van der Waals surface area contributed by atoms with Crippen molar-refractivity contribution in [1.82, 2.24) is 15.2 Å². The van der Waals surface area contributed by atoms with Gasteiger partial charge in [-0.1, -0.05) is 19.9 Å². The quantitative estimate of drug-likeness (QED) is 0.856. The molecule has 3 rings (SSSR count). The first-order valence-corrected chi connectivity index (χ1v) is 7.72. The average Bonchev–Trinajstić information content (AvgIpc) is 3.17. The molecule has 1 aromatic heterocycles. The van der Waals surface area contributed by atoms with E-state index in [1.165, 1.54) is 10.9 Å². The van der Waals surface area contributed by atoms with Crippen LogP contribution in [-0.4, -0.2) is 22.6 Å². The van der Waals surface area contributed by atoms with Crippen molar-refractivity contribution in [2.45, 2.75) is 51.9 Å². The van der Waals surface area contributed by atoms with Crippen molar-refractivity contribution in [3.63, 3.8) is 0 Å². The highest BCUT2D eigenvalue weighted by Crippen LogP contribution is 2.20. The molecule has 1 saturated carbocycles. The zero-order valence-electron chi connectivity index (χ0n) is 12.7. The van der Waals surface area contributed by atoms with Gasteiger partial charge in [0.25, 0.3) is 0 Å². The Bertz CT molecular complexity index is 641. The Morgan fingerprint density at radius 3 is 2.86 bits per heavy atom. The second-order valence-electron chi connectivity index (χ2n) is 6.21. The number of nitrogens with one attached hydrogen (secondary N) is 2. The Kier molecular flexibility index (Phi) is 3.97. The molecule has 1 fully saturated rings. The van der Waals surface area contributed by atoms with E-state index >= 15 is 0 Å². The summed E-state index contributed by atoms with van der Waals surface area (Å²) in [5.74, 6) is 0.112. The zero-order chi connectivity index (χ0) is 14.8. The fraction of sp³-hybridized carbons (Fsp3) is 0.471. The molecule has 0 radical (unpaired) electrons. The molecule has 0 unspecified atom stereocenters. The second-order valence-corrected chi connectivity index (χ2v) is 6.21. The monoisotopic (exact) mass is 285 g/mol. The number of rotatable bonds is 6. The van der Waals surface area contributed by atoms with Crippen molar-refractivity contribution in [1.29, 1.82) is 0 Å². The Hall–Kier alpha value is -1.81. The number of carbonyl (C=O) groups is 1. The molecule has 2 aromatic rings. The van der Waals surface area contributed by atoms with Crippen LogP contribution in [-0.2, 0) is 17.9 Å². The van der Waals surface area contributed by atoms with E-state index in [1.54, 1.807) is 0 Å². The molecule has 1 aliphatic rings. The molecule has 1 amide bonds. The largest absolute Gasteiger partial charge is 0.352 e. The Labute approximate surface area is 125 Å². The summed E-state index contributed by atoms with van der Waals surface area (Å²) in [4.78, 5) is 11.9. The van der Waals surface area contributed by atoms with E-state index in [-0.39, 0.29) is 5.91 Å². The van der Waals surface area contributed by atoms with Gasteiger partial charge in [0, 0.05) is 30.3 Å². The van der Waals surface area contributed by atoms with Gasteiger partial charge in [-0.25, -0.2) is 0 Å². The lowest BCUT2D eigenvalue weighted by Gasteiger charge is -2.09. The predicted molar refractivity (Wildman–Crippen MR) is 85.1 cm³/mol. The van der Waals surface area contributed by atoms with Crippen molar-refractivity contribution < 1.29 is 4.79 Å². The van der Waals surface area contributed by atoms with E-state index in [2.05, 4.69) is 48.7 Å². The standard InChI is InChI=1S/C17H23N3O/c1-12(2)18-10-13-3-6-16-14(9-13)7-8-20(16)11-17(21)19-15-4-5-15/h3,6-9,12,15,18H,4-5,10-11H2,1-2H3,(H,19,21). The lowest BCUT2D eigenvalue weighted by atomic mass is 10.1. The van der Waals surface area contributed by atoms with E-state index in [9.17, 15) is 4.79 Å². The van der Waals surface area contributed by atoms with Gasteiger partial charge in [-0.3, -0.25) is 4.79 Å². The van der Waals surface area contributed by atoms with Crippen LogP contribution in [0.3, 0.4) is 0 Å². The van der Waals surface area contributed by atoms with E-state index in [4.69, 9.17) is 0 Å². The van der Waals surface area contributed by atoms with Crippen molar-refractivity contribution in [3.05, 3.63) is 36.0 Å². The normalized spacial score (nSPS) is 14.8. The van der Waals surface area contributed by atoms with Crippen LogP contribution in [0.5, 0.6) is 0 Å².